The Morgan fingerprint density at radius 3 is 2.37 bits per heavy atom. The molecule has 19 heavy (non-hydrogen) atoms. The normalized spacial score (nSPS) is 10.8. The van der Waals surface area contributed by atoms with Gasteiger partial charge in [0.05, 0.1) is 11.4 Å². The molecule has 3 aromatic carbocycles. The molecule has 0 aliphatic heterocycles. The Kier molecular flexibility index (Phi) is 2.60. The Morgan fingerprint density at radius 1 is 0.789 bits per heavy atom. The summed E-state index contributed by atoms with van der Waals surface area (Å²) in [6.07, 6.45) is 0. The summed E-state index contributed by atoms with van der Waals surface area (Å²) in [6.45, 7) is 0. The number of hydrogen-bond acceptors (Lipinski definition) is 2. The molecular formula is C16H13FN2. The van der Waals surface area contributed by atoms with E-state index in [-0.39, 0.29) is 5.82 Å². The molecule has 0 radical (unpaired) electrons. The van der Waals surface area contributed by atoms with Crippen LogP contribution in [0.1, 0.15) is 0 Å². The van der Waals surface area contributed by atoms with Crippen molar-refractivity contribution in [3.05, 3.63) is 60.4 Å². The van der Waals surface area contributed by atoms with Crippen molar-refractivity contribution in [1.82, 2.24) is 0 Å². The molecule has 0 saturated carbocycles. The van der Waals surface area contributed by atoms with Crippen molar-refractivity contribution in [2.45, 2.75) is 0 Å². The van der Waals surface area contributed by atoms with Gasteiger partial charge in [-0.3, -0.25) is 0 Å². The Morgan fingerprint density at radius 2 is 1.58 bits per heavy atom. The van der Waals surface area contributed by atoms with Crippen LogP contribution < -0.4 is 11.5 Å². The van der Waals surface area contributed by atoms with Gasteiger partial charge in [0, 0.05) is 10.9 Å². The highest BCUT2D eigenvalue weighted by atomic mass is 19.1. The Balaban J connectivity index is 2.33. The third-order valence-electron chi connectivity index (χ3n) is 3.27. The first-order chi connectivity index (χ1) is 9.16. The van der Waals surface area contributed by atoms with Gasteiger partial charge >= 0.3 is 0 Å². The van der Waals surface area contributed by atoms with Gasteiger partial charge in [-0.15, -0.1) is 0 Å². The molecule has 0 atom stereocenters. The quantitative estimate of drug-likeness (QED) is 0.647. The third kappa shape index (κ3) is 1.89. The Labute approximate surface area is 110 Å². The fraction of sp³-hybridized carbons (Fsp3) is 0. The summed E-state index contributed by atoms with van der Waals surface area (Å²) in [5.74, 6) is -0.288. The molecule has 2 nitrogen and oxygen atoms in total. The zero-order chi connectivity index (χ0) is 13.4. The SMILES string of the molecule is Nc1c(-c2cccc(F)c2)cc2ccccc2c1N. The first-order valence-corrected chi connectivity index (χ1v) is 5.99. The molecular weight excluding hydrogens is 239 g/mol. The van der Waals surface area contributed by atoms with Crippen molar-refractivity contribution in [3.63, 3.8) is 0 Å². The van der Waals surface area contributed by atoms with Gasteiger partial charge in [0.15, 0.2) is 0 Å². The van der Waals surface area contributed by atoms with Crippen molar-refractivity contribution in [2.24, 2.45) is 0 Å². The van der Waals surface area contributed by atoms with Crippen molar-refractivity contribution < 1.29 is 4.39 Å². The second-order valence-electron chi connectivity index (χ2n) is 4.48. The fourth-order valence-electron chi connectivity index (χ4n) is 2.29. The minimum Gasteiger partial charge on any atom is -0.397 e. The van der Waals surface area contributed by atoms with E-state index in [1.54, 1.807) is 6.07 Å². The minimum absolute atomic E-state index is 0.288. The van der Waals surface area contributed by atoms with Crippen LogP contribution >= 0.6 is 0 Å². The molecule has 0 aromatic heterocycles. The van der Waals surface area contributed by atoms with Gasteiger partial charge < -0.3 is 11.5 Å². The summed E-state index contributed by atoms with van der Waals surface area (Å²) in [7, 11) is 0. The summed E-state index contributed by atoms with van der Waals surface area (Å²) in [4.78, 5) is 0. The van der Waals surface area contributed by atoms with E-state index in [2.05, 4.69) is 0 Å². The van der Waals surface area contributed by atoms with Gasteiger partial charge in [-0.2, -0.15) is 0 Å². The first kappa shape index (κ1) is 11.5. The number of anilines is 2. The van der Waals surface area contributed by atoms with Crippen LogP contribution in [0.3, 0.4) is 0 Å². The van der Waals surface area contributed by atoms with Gasteiger partial charge in [0.1, 0.15) is 5.82 Å². The van der Waals surface area contributed by atoms with Crippen molar-refractivity contribution in [1.29, 1.82) is 0 Å². The van der Waals surface area contributed by atoms with Crippen LogP contribution in [0.25, 0.3) is 21.9 Å². The van der Waals surface area contributed by atoms with Crippen molar-refractivity contribution >= 4 is 22.1 Å². The smallest absolute Gasteiger partial charge is 0.123 e. The lowest BCUT2D eigenvalue weighted by atomic mass is 9.97. The van der Waals surface area contributed by atoms with Gasteiger partial charge in [-0.05, 0) is 29.1 Å². The summed E-state index contributed by atoms with van der Waals surface area (Å²) < 4.78 is 13.3. The van der Waals surface area contributed by atoms with Crippen LogP contribution in [-0.4, -0.2) is 0 Å². The average molecular weight is 252 g/mol. The number of halogens is 1. The highest BCUT2D eigenvalue weighted by Gasteiger charge is 2.10. The van der Waals surface area contributed by atoms with E-state index in [0.29, 0.717) is 11.4 Å². The van der Waals surface area contributed by atoms with Gasteiger partial charge in [-0.25, -0.2) is 4.39 Å². The predicted molar refractivity (Wildman–Crippen MR) is 78.2 cm³/mol. The van der Waals surface area contributed by atoms with Crippen LogP contribution in [0.5, 0.6) is 0 Å². The maximum Gasteiger partial charge on any atom is 0.123 e. The molecule has 0 fully saturated rings. The molecule has 0 aliphatic rings. The van der Waals surface area contributed by atoms with Gasteiger partial charge in [-0.1, -0.05) is 36.4 Å². The molecule has 0 unspecified atom stereocenters. The van der Waals surface area contributed by atoms with E-state index in [0.717, 1.165) is 21.9 Å². The number of fused-ring (bicyclic) bond motifs is 1. The molecule has 0 spiro atoms. The molecule has 0 saturated heterocycles. The summed E-state index contributed by atoms with van der Waals surface area (Å²) in [5.41, 5.74) is 14.7. The molecule has 3 rings (SSSR count). The van der Waals surface area contributed by atoms with Gasteiger partial charge in [0.25, 0.3) is 0 Å². The average Bonchev–Trinajstić information content (AvgIpc) is 2.43. The van der Waals surface area contributed by atoms with Crippen LogP contribution in [0.4, 0.5) is 15.8 Å². The zero-order valence-electron chi connectivity index (χ0n) is 10.2. The summed E-state index contributed by atoms with van der Waals surface area (Å²) in [6, 6.07) is 16.0. The minimum atomic E-state index is -0.288. The highest BCUT2D eigenvalue weighted by Crippen LogP contribution is 2.36. The number of nitrogen functional groups attached to an aromatic ring is 2. The lowest BCUT2D eigenvalue weighted by Gasteiger charge is -2.12. The van der Waals surface area contributed by atoms with E-state index in [9.17, 15) is 4.39 Å². The predicted octanol–water partition coefficient (Wildman–Crippen LogP) is 3.81. The highest BCUT2D eigenvalue weighted by molar-refractivity contribution is 6.04. The lowest BCUT2D eigenvalue weighted by molar-refractivity contribution is 0.628. The van der Waals surface area contributed by atoms with Crippen LogP contribution in [-0.2, 0) is 0 Å². The van der Waals surface area contributed by atoms with Crippen LogP contribution in [0, 0.1) is 5.82 Å². The Bertz CT molecular complexity index is 766. The second kappa shape index (κ2) is 4.28. The third-order valence-corrected chi connectivity index (χ3v) is 3.27. The molecule has 0 bridgehead atoms. The molecule has 3 aromatic rings. The number of nitrogens with two attached hydrogens (primary N) is 2. The largest absolute Gasteiger partial charge is 0.397 e. The molecule has 0 amide bonds. The van der Waals surface area contributed by atoms with E-state index in [4.69, 9.17) is 11.5 Å². The molecule has 0 heterocycles. The van der Waals surface area contributed by atoms with Crippen LogP contribution in [0.15, 0.2) is 54.6 Å². The van der Waals surface area contributed by atoms with E-state index >= 15 is 0 Å². The fourth-order valence-corrected chi connectivity index (χ4v) is 2.29. The maximum atomic E-state index is 13.3. The standard InChI is InChI=1S/C16H13FN2/c17-12-6-3-5-10(8-12)14-9-11-4-1-2-7-13(11)15(18)16(14)19/h1-9H,18-19H2. The molecule has 4 N–H and O–H groups in total. The second-order valence-corrected chi connectivity index (χ2v) is 4.48. The van der Waals surface area contributed by atoms with Crippen molar-refractivity contribution in [3.8, 4) is 11.1 Å². The maximum absolute atomic E-state index is 13.3. The topological polar surface area (TPSA) is 52.0 Å². The molecule has 3 heteroatoms. The number of rotatable bonds is 1. The molecule has 94 valence electrons. The zero-order valence-corrected chi connectivity index (χ0v) is 10.2. The van der Waals surface area contributed by atoms with Gasteiger partial charge in [0.2, 0.25) is 0 Å². The van der Waals surface area contributed by atoms with E-state index in [1.807, 2.05) is 36.4 Å². The first-order valence-electron chi connectivity index (χ1n) is 5.99. The van der Waals surface area contributed by atoms with E-state index in [1.165, 1.54) is 12.1 Å². The van der Waals surface area contributed by atoms with Crippen LogP contribution in [0.2, 0.25) is 0 Å². The van der Waals surface area contributed by atoms with E-state index < -0.39 is 0 Å². The lowest BCUT2D eigenvalue weighted by Crippen LogP contribution is -1.98. The monoisotopic (exact) mass is 252 g/mol. The number of benzene rings is 3. The molecule has 0 aliphatic carbocycles. The Hall–Kier alpha value is -2.55. The van der Waals surface area contributed by atoms with Crippen molar-refractivity contribution in [2.75, 3.05) is 11.5 Å². The number of hydrogen-bond donors (Lipinski definition) is 2. The summed E-state index contributed by atoms with van der Waals surface area (Å²) in [5, 5.41) is 1.91. The summed E-state index contributed by atoms with van der Waals surface area (Å²) >= 11 is 0.